The lowest BCUT2D eigenvalue weighted by molar-refractivity contribution is -0.130. The van der Waals surface area contributed by atoms with Gasteiger partial charge in [0.2, 0.25) is 0 Å². The number of phenols is 1. The lowest BCUT2D eigenvalue weighted by Gasteiger charge is -2.15. The molecule has 0 bridgehead atoms. The van der Waals surface area contributed by atoms with Crippen molar-refractivity contribution < 1.29 is 15.0 Å². The van der Waals surface area contributed by atoms with Crippen LogP contribution >= 0.6 is 11.3 Å². The molecule has 0 amide bonds. The van der Waals surface area contributed by atoms with E-state index in [4.69, 9.17) is 0 Å². The highest BCUT2D eigenvalue weighted by Crippen LogP contribution is 2.31. The van der Waals surface area contributed by atoms with Gasteiger partial charge in [-0.25, -0.2) is 9.78 Å². The average molecular weight is 411 g/mol. The van der Waals surface area contributed by atoms with Gasteiger partial charge < -0.3 is 14.8 Å². The molecule has 2 N–H and O–H groups in total. The SMILES string of the molecule is CCCCc1ncc(/C(C)=C(\C(=O)O)c2cccs2)n1Cc1ccc(O)c(C)c1. The van der Waals surface area contributed by atoms with Gasteiger partial charge in [-0.3, -0.25) is 0 Å². The number of nitrogens with zero attached hydrogens (tertiary/aromatic N) is 2. The summed E-state index contributed by atoms with van der Waals surface area (Å²) in [6.45, 7) is 6.44. The molecular formula is C23H26N2O3S. The molecule has 0 spiro atoms. The Morgan fingerprint density at radius 2 is 2.07 bits per heavy atom. The first kappa shape index (κ1) is 20.9. The molecule has 3 aromatic rings. The van der Waals surface area contributed by atoms with Gasteiger partial charge in [-0.1, -0.05) is 31.5 Å². The second-order valence-electron chi connectivity index (χ2n) is 7.15. The van der Waals surface area contributed by atoms with Crippen LogP contribution in [0.5, 0.6) is 5.75 Å². The zero-order chi connectivity index (χ0) is 21.0. The highest BCUT2D eigenvalue weighted by molar-refractivity contribution is 7.11. The highest BCUT2D eigenvalue weighted by Gasteiger charge is 2.20. The molecule has 0 radical (unpaired) electrons. The number of rotatable bonds is 8. The van der Waals surface area contributed by atoms with E-state index in [0.29, 0.717) is 17.7 Å². The number of hydrogen-bond acceptors (Lipinski definition) is 4. The number of benzene rings is 1. The van der Waals surface area contributed by atoms with E-state index in [0.717, 1.165) is 46.8 Å². The van der Waals surface area contributed by atoms with E-state index < -0.39 is 5.97 Å². The number of carbonyl (C=O) groups is 1. The molecule has 0 aliphatic rings. The van der Waals surface area contributed by atoms with Crippen molar-refractivity contribution in [1.82, 2.24) is 9.55 Å². The van der Waals surface area contributed by atoms with E-state index >= 15 is 0 Å². The van der Waals surface area contributed by atoms with Gasteiger partial charge in [0.15, 0.2) is 0 Å². The molecule has 29 heavy (non-hydrogen) atoms. The Hall–Kier alpha value is -2.86. The molecule has 0 aliphatic carbocycles. The maximum Gasteiger partial charge on any atom is 0.337 e. The molecule has 152 valence electrons. The number of unbranched alkanes of at least 4 members (excludes halogenated alkanes) is 1. The van der Waals surface area contributed by atoms with Crippen LogP contribution in [0.3, 0.4) is 0 Å². The van der Waals surface area contributed by atoms with Crippen LogP contribution < -0.4 is 0 Å². The van der Waals surface area contributed by atoms with E-state index in [-0.39, 0.29) is 5.75 Å². The first-order valence-corrected chi connectivity index (χ1v) is 10.6. The molecule has 0 saturated heterocycles. The fourth-order valence-corrected chi connectivity index (χ4v) is 4.24. The molecule has 5 nitrogen and oxygen atoms in total. The monoisotopic (exact) mass is 410 g/mol. The number of hydrogen-bond donors (Lipinski definition) is 2. The number of allylic oxidation sites excluding steroid dienone is 1. The van der Waals surface area contributed by atoms with Crippen LogP contribution in [0.4, 0.5) is 0 Å². The van der Waals surface area contributed by atoms with E-state index in [1.807, 2.05) is 43.5 Å². The summed E-state index contributed by atoms with van der Waals surface area (Å²) in [6, 6.07) is 9.24. The molecule has 0 aliphatic heterocycles. The van der Waals surface area contributed by atoms with Gasteiger partial charge in [0, 0.05) is 17.8 Å². The molecule has 1 aromatic carbocycles. The van der Waals surface area contributed by atoms with Crippen LogP contribution in [-0.4, -0.2) is 25.7 Å². The number of aliphatic carboxylic acids is 1. The summed E-state index contributed by atoms with van der Waals surface area (Å²) in [5.41, 5.74) is 3.68. The Labute approximate surface area is 175 Å². The Morgan fingerprint density at radius 3 is 2.69 bits per heavy atom. The summed E-state index contributed by atoms with van der Waals surface area (Å²) in [5, 5.41) is 21.6. The minimum Gasteiger partial charge on any atom is -0.508 e. The van der Waals surface area contributed by atoms with Crippen LogP contribution in [-0.2, 0) is 17.8 Å². The Balaban J connectivity index is 2.10. The summed E-state index contributed by atoms with van der Waals surface area (Å²) in [7, 11) is 0. The van der Waals surface area contributed by atoms with Crippen LogP contribution in [0.25, 0.3) is 11.1 Å². The lowest BCUT2D eigenvalue weighted by Crippen LogP contribution is -2.10. The minimum atomic E-state index is -0.937. The van der Waals surface area contributed by atoms with Crippen LogP contribution in [0.15, 0.2) is 41.9 Å². The standard InChI is InChI=1S/C23H26N2O3S/c1-4-5-8-21-24-13-18(16(3)22(23(27)28)20-7-6-11-29-20)25(21)14-17-9-10-19(26)15(2)12-17/h6-7,9-13,26H,4-5,8,14H2,1-3H3,(H,27,28)/b22-16-. The molecule has 3 rings (SSSR count). The first-order valence-electron chi connectivity index (χ1n) is 9.73. The second-order valence-corrected chi connectivity index (χ2v) is 8.10. The fourth-order valence-electron chi connectivity index (χ4n) is 3.42. The average Bonchev–Trinajstić information content (AvgIpc) is 3.33. The number of thiophene rings is 1. The third kappa shape index (κ3) is 4.59. The Kier molecular flexibility index (Phi) is 6.54. The van der Waals surface area contributed by atoms with Crippen molar-refractivity contribution >= 4 is 28.5 Å². The third-order valence-corrected chi connectivity index (χ3v) is 5.92. The Bertz CT molecular complexity index is 1030. The number of aromatic hydroxyl groups is 1. The summed E-state index contributed by atoms with van der Waals surface area (Å²) in [6.07, 6.45) is 4.70. The number of carboxylic acid groups (broad SMARTS) is 1. The summed E-state index contributed by atoms with van der Waals surface area (Å²) in [5.74, 6) is 0.281. The zero-order valence-corrected chi connectivity index (χ0v) is 17.8. The van der Waals surface area contributed by atoms with Crippen molar-refractivity contribution in [2.24, 2.45) is 0 Å². The third-order valence-electron chi connectivity index (χ3n) is 5.03. The summed E-state index contributed by atoms with van der Waals surface area (Å²) in [4.78, 5) is 17.4. The first-order chi connectivity index (χ1) is 13.9. The van der Waals surface area contributed by atoms with E-state index in [9.17, 15) is 15.0 Å². The van der Waals surface area contributed by atoms with Crippen LogP contribution in [0, 0.1) is 6.92 Å². The maximum absolute atomic E-state index is 12.0. The minimum absolute atomic E-state index is 0.271. The smallest absolute Gasteiger partial charge is 0.337 e. The normalized spacial score (nSPS) is 12.1. The summed E-state index contributed by atoms with van der Waals surface area (Å²) < 4.78 is 2.10. The van der Waals surface area contributed by atoms with Gasteiger partial charge >= 0.3 is 5.97 Å². The molecule has 0 atom stereocenters. The van der Waals surface area contributed by atoms with Gasteiger partial charge in [0.05, 0.1) is 17.5 Å². The molecule has 2 heterocycles. The largest absolute Gasteiger partial charge is 0.508 e. The number of aromatic nitrogens is 2. The van der Waals surface area contributed by atoms with Crippen molar-refractivity contribution in [3.63, 3.8) is 0 Å². The molecule has 0 unspecified atom stereocenters. The predicted octanol–water partition coefficient (Wildman–Crippen LogP) is 5.36. The van der Waals surface area contributed by atoms with Gasteiger partial charge in [-0.15, -0.1) is 11.3 Å². The number of aryl methyl sites for hydroxylation is 2. The molecule has 0 saturated carbocycles. The molecular weight excluding hydrogens is 384 g/mol. The topological polar surface area (TPSA) is 75.3 Å². The highest BCUT2D eigenvalue weighted by atomic mass is 32.1. The van der Waals surface area contributed by atoms with Crippen molar-refractivity contribution in [2.75, 3.05) is 0 Å². The number of imidazole rings is 1. The van der Waals surface area contributed by atoms with E-state index in [1.165, 1.54) is 11.3 Å². The van der Waals surface area contributed by atoms with Gasteiger partial charge in [-0.2, -0.15) is 0 Å². The molecule has 0 fully saturated rings. The lowest BCUT2D eigenvalue weighted by atomic mass is 10.0. The maximum atomic E-state index is 12.0. The van der Waals surface area contributed by atoms with Crippen molar-refractivity contribution in [3.8, 4) is 5.75 Å². The predicted molar refractivity (Wildman–Crippen MR) is 117 cm³/mol. The van der Waals surface area contributed by atoms with Crippen molar-refractivity contribution in [2.45, 2.75) is 46.6 Å². The van der Waals surface area contributed by atoms with Gasteiger partial charge in [0.1, 0.15) is 11.6 Å². The van der Waals surface area contributed by atoms with Crippen molar-refractivity contribution in [3.05, 3.63) is 69.4 Å². The van der Waals surface area contributed by atoms with Gasteiger partial charge in [0.25, 0.3) is 0 Å². The molecule has 2 aromatic heterocycles. The zero-order valence-electron chi connectivity index (χ0n) is 17.0. The number of carboxylic acids is 1. The fraction of sp³-hybridized carbons (Fsp3) is 0.304. The van der Waals surface area contributed by atoms with Gasteiger partial charge in [-0.05, 0) is 54.5 Å². The quantitative estimate of drug-likeness (QED) is 0.490. The van der Waals surface area contributed by atoms with Crippen LogP contribution in [0.2, 0.25) is 0 Å². The van der Waals surface area contributed by atoms with E-state index in [1.54, 1.807) is 12.3 Å². The Morgan fingerprint density at radius 1 is 1.28 bits per heavy atom. The number of phenolic OH excluding ortho intramolecular Hbond substituents is 1. The van der Waals surface area contributed by atoms with Crippen LogP contribution in [0.1, 0.15) is 54.2 Å². The summed E-state index contributed by atoms with van der Waals surface area (Å²) >= 11 is 1.42. The van der Waals surface area contributed by atoms with E-state index in [2.05, 4.69) is 16.5 Å². The molecule has 6 heteroatoms. The van der Waals surface area contributed by atoms with Crippen molar-refractivity contribution in [1.29, 1.82) is 0 Å². The second kappa shape index (κ2) is 9.09.